The summed E-state index contributed by atoms with van der Waals surface area (Å²) < 4.78 is 11.5. The van der Waals surface area contributed by atoms with E-state index in [0.717, 1.165) is 0 Å². The molecule has 0 radical (unpaired) electrons. The Labute approximate surface area is 302 Å². The molecule has 0 saturated carbocycles. The predicted octanol–water partition coefficient (Wildman–Crippen LogP) is 4.20. The predicted molar refractivity (Wildman–Crippen MR) is 191 cm³/mol. The molecular formula is C38H58N4O9. The summed E-state index contributed by atoms with van der Waals surface area (Å²) in [6, 6.07) is 5.31. The van der Waals surface area contributed by atoms with Gasteiger partial charge in [0.1, 0.15) is 12.1 Å². The Bertz CT molecular complexity index is 1400. The maximum absolute atomic E-state index is 14.2. The zero-order valence-corrected chi connectivity index (χ0v) is 31.7. The van der Waals surface area contributed by atoms with E-state index >= 15 is 0 Å². The van der Waals surface area contributed by atoms with E-state index in [9.17, 15) is 33.6 Å². The number of nitrogens with one attached hydrogen (secondary N) is 2. The van der Waals surface area contributed by atoms with E-state index in [1.54, 1.807) is 51.1 Å². The minimum atomic E-state index is -1.10. The highest BCUT2D eigenvalue weighted by Gasteiger charge is 2.46. The van der Waals surface area contributed by atoms with Gasteiger partial charge in [-0.15, -0.1) is 0 Å². The maximum Gasteiger partial charge on any atom is 0.407 e. The molecule has 1 heterocycles. The van der Waals surface area contributed by atoms with Crippen LogP contribution in [-0.4, -0.2) is 83.0 Å². The molecule has 0 spiro atoms. The molecule has 0 aliphatic carbocycles. The molecule has 1 aliphatic heterocycles. The van der Waals surface area contributed by atoms with E-state index in [1.165, 1.54) is 4.90 Å². The molecule has 1 saturated heterocycles. The van der Waals surface area contributed by atoms with Crippen molar-refractivity contribution >= 4 is 41.2 Å². The summed E-state index contributed by atoms with van der Waals surface area (Å²) >= 11 is 0. The molecule has 1 aliphatic rings. The number of carbonyl (C=O) groups excluding carboxylic acids is 7. The highest BCUT2D eigenvalue weighted by atomic mass is 16.5. The molecule has 13 heteroatoms. The number of likely N-dealkylation sites (tertiary alicyclic amines) is 1. The van der Waals surface area contributed by atoms with Crippen LogP contribution in [0.4, 0.5) is 4.79 Å². The molecular weight excluding hydrogens is 656 g/mol. The number of primary amides is 1. The van der Waals surface area contributed by atoms with E-state index in [1.807, 2.05) is 41.5 Å². The van der Waals surface area contributed by atoms with E-state index in [0.29, 0.717) is 12.0 Å². The Morgan fingerprint density at radius 3 is 2.10 bits per heavy atom. The molecule has 0 aromatic heterocycles. The van der Waals surface area contributed by atoms with Crippen molar-refractivity contribution in [1.29, 1.82) is 0 Å². The Balaban J connectivity index is 2.22. The third-order valence-corrected chi connectivity index (χ3v) is 8.39. The van der Waals surface area contributed by atoms with Gasteiger partial charge in [-0.05, 0) is 44.1 Å². The molecule has 2 rings (SSSR count). The van der Waals surface area contributed by atoms with Crippen molar-refractivity contribution < 1.29 is 43.0 Å². The summed E-state index contributed by atoms with van der Waals surface area (Å²) in [4.78, 5) is 93.4. The van der Waals surface area contributed by atoms with Crippen molar-refractivity contribution in [2.24, 2.45) is 23.0 Å². The first-order valence-electron chi connectivity index (χ1n) is 17.8. The highest BCUT2D eigenvalue weighted by molar-refractivity contribution is 6.38. The first kappa shape index (κ1) is 43.0. The average molecular weight is 715 g/mol. The summed E-state index contributed by atoms with van der Waals surface area (Å²) in [5.74, 6) is -4.73. The second kappa shape index (κ2) is 18.9. The van der Waals surface area contributed by atoms with Gasteiger partial charge in [0.25, 0.3) is 0 Å². The minimum absolute atomic E-state index is 0.0899. The number of Topliss-reactive ketones (excluding diaryl/α,β-unsaturated/α-hetero) is 3. The molecule has 0 bridgehead atoms. The lowest BCUT2D eigenvalue weighted by molar-refractivity contribution is -0.143. The van der Waals surface area contributed by atoms with Crippen molar-refractivity contribution in [1.82, 2.24) is 15.5 Å². The number of hydrogen-bond acceptors (Lipinski definition) is 9. The fourth-order valence-corrected chi connectivity index (χ4v) is 5.98. The number of benzene rings is 1. The number of rotatable bonds is 18. The fraction of sp³-hybridized carbons (Fsp3) is 0.658. The van der Waals surface area contributed by atoms with Gasteiger partial charge in [-0.3, -0.25) is 28.8 Å². The van der Waals surface area contributed by atoms with Gasteiger partial charge in [-0.2, -0.15) is 0 Å². The Morgan fingerprint density at radius 2 is 1.57 bits per heavy atom. The van der Waals surface area contributed by atoms with Gasteiger partial charge in [0, 0.05) is 38.1 Å². The Morgan fingerprint density at radius 1 is 0.941 bits per heavy atom. The van der Waals surface area contributed by atoms with Crippen LogP contribution in [0.25, 0.3) is 0 Å². The third-order valence-electron chi connectivity index (χ3n) is 8.39. The lowest BCUT2D eigenvalue weighted by Crippen LogP contribution is -2.57. The molecule has 284 valence electrons. The second-order valence-corrected chi connectivity index (χ2v) is 15.8. The minimum Gasteiger partial charge on any atom is -0.449 e. The van der Waals surface area contributed by atoms with Gasteiger partial charge in [0.15, 0.2) is 11.6 Å². The molecule has 5 atom stereocenters. The standard InChI is InChI=1S/C38H58N4O9/c1-10-14-25(32(46)28(43)17-18-30(45)40-31(34(39)47)24-15-12-11-13-16-24)19-29(44)27-20-26(51-38(7,8)9)21-42(27)35(48)33(37(4,5)6)41-36(49)50-22-23(2)3/h11-13,15-16,23,25-27,31,33H,10,14,17-22H2,1-9H3,(H2,39,47)(H,40,45)(H,41,49)/t25?,26-,27+,31+,33-/m1/s1. The molecule has 51 heavy (non-hydrogen) atoms. The number of nitrogens with two attached hydrogens (primary N) is 1. The van der Waals surface area contributed by atoms with Gasteiger partial charge >= 0.3 is 6.09 Å². The quantitative estimate of drug-likeness (QED) is 0.187. The lowest BCUT2D eigenvalue weighted by atomic mass is 9.85. The van der Waals surface area contributed by atoms with Crippen LogP contribution in [-0.2, 0) is 38.2 Å². The zero-order chi connectivity index (χ0) is 38.7. The number of nitrogens with zero attached hydrogens (tertiary/aromatic N) is 1. The second-order valence-electron chi connectivity index (χ2n) is 15.8. The van der Waals surface area contributed by atoms with Gasteiger partial charge in [-0.1, -0.05) is 78.3 Å². The first-order valence-corrected chi connectivity index (χ1v) is 17.8. The molecule has 1 fully saturated rings. The summed E-state index contributed by atoms with van der Waals surface area (Å²) in [7, 11) is 0. The van der Waals surface area contributed by atoms with Crippen LogP contribution in [0.15, 0.2) is 30.3 Å². The number of ketones is 3. The van der Waals surface area contributed by atoms with E-state index in [4.69, 9.17) is 15.2 Å². The molecule has 4 amide bonds. The Hall–Kier alpha value is -4.13. The first-order chi connectivity index (χ1) is 23.6. The Kier molecular flexibility index (Phi) is 16.0. The molecule has 1 aromatic carbocycles. The molecule has 1 aromatic rings. The summed E-state index contributed by atoms with van der Waals surface area (Å²) in [5, 5.41) is 5.21. The van der Waals surface area contributed by atoms with Crippen LogP contribution >= 0.6 is 0 Å². The van der Waals surface area contributed by atoms with Crippen LogP contribution in [0.2, 0.25) is 0 Å². The van der Waals surface area contributed by atoms with Crippen molar-refractivity contribution in [2.75, 3.05) is 13.2 Å². The lowest BCUT2D eigenvalue weighted by Gasteiger charge is -2.35. The summed E-state index contributed by atoms with van der Waals surface area (Å²) in [5.41, 5.74) is 4.64. The van der Waals surface area contributed by atoms with Crippen LogP contribution in [0.1, 0.15) is 112 Å². The monoisotopic (exact) mass is 714 g/mol. The van der Waals surface area contributed by atoms with E-state index in [-0.39, 0.29) is 44.8 Å². The zero-order valence-electron chi connectivity index (χ0n) is 31.7. The van der Waals surface area contributed by atoms with Gasteiger partial charge in [0.05, 0.1) is 24.4 Å². The maximum atomic E-state index is 14.2. The fourth-order valence-electron chi connectivity index (χ4n) is 5.98. The van der Waals surface area contributed by atoms with Crippen LogP contribution in [0.5, 0.6) is 0 Å². The van der Waals surface area contributed by atoms with Crippen molar-refractivity contribution in [2.45, 2.75) is 131 Å². The average Bonchev–Trinajstić information content (AvgIpc) is 3.45. The van der Waals surface area contributed by atoms with Gasteiger partial charge in [0.2, 0.25) is 23.5 Å². The summed E-state index contributed by atoms with van der Waals surface area (Å²) in [6.07, 6.45) is -1.36. The SMILES string of the molecule is CCCC(CC(=O)[C@@H]1C[C@@H](OC(C)(C)C)CN1C(=O)[C@@H](NC(=O)OCC(C)C)C(C)(C)C)C(=O)C(=O)CCC(=O)N[C@H](C(N)=O)c1ccccc1. The van der Waals surface area contributed by atoms with Crippen molar-refractivity contribution in [3.05, 3.63) is 35.9 Å². The number of ether oxygens (including phenoxy) is 2. The van der Waals surface area contributed by atoms with Crippen molar-refractivity contribution in [3.63, 3.8) is 0 Å². The number of carbonyl (C=O) groups is 7. The third kappa shape index (κ3) is 13.8. The number of hydrogen-bond donors (Lipinski definition) is 3. The number of alkyl carbamates (subject to hydrolysis) is 1. The van der Waals surface area contributed by atoms with Crippen LogP contribution in [0, 0.1) is 17.3 Å². The molecule has 13 nitrogen and oxygen atoms in total. The smallest absolute Gasteiger partial charge is 0.407 e. The van der Waals surface area contributed by atoms with E-state index < -0.39 is 88.7 Å². The van der Waals surface area contributed by atoms with Crippen molar-refractivity contribution in [3.8, 4) is 0 Å². The topological polar surface area (TPSA) is 191 Å². The normalized spacial score (nSPS) is 18.0. The molecule has 4 N–H and O–H groups in total. The van der Waals surface area contributed by atoms with Gasteiger partial charge in [-0.25, -0.2) is 4.79 Å². The number of amides is 4. The van der Waals surface area contributed by atoms with Crippen LogP contribution in [0.3, 0.4) is 0 Å². The summed E-state index contributed by atoms with van der Waals surface area (Å²) in [6.45, 7) is 16.9. The largest absolute Gasteiger partial charge is 0.449 e. The molecule has 1 unspecified atom stereocenters. The van der Waals surface area contributed by atoms with Crippen LogP contribution < -0.4 is 16.4 Å². The highest BCUT2D eigenvalue weighted by Crippen LogP contribution is 2.31. The van der Waals surface area contributed by atoms with E-state index in [2.05, 4.69) is 10.6 Å². The van der Waals surface area contributed by atoms with Gasteiger partial charge < -0.3 is 30.7 Å².